The van der Waals surface area contributed by atoms with Crippen LogP contribution in [0.5, 0.6) is 0 Å². The van der Waals surface area contributed by atoms with Gasteiger partial charge in [-0.2, -0.15) is 0 Å². The molecule has 0 fully saturated rings. The zero-order valence-corrected chi connectivity index (χ0v) is 15.4. The molecule has 1 rings (SSSR count). The molecule has 0 aliphatic rings. The Labute approximate surface area is 138 Å². The van der Waals surface area contributed by atoms with Crippen molar-refractivity contribution in [2.75, 3.05) is 7.11 Å². The monoisotopic (exact) mass is 320 g/mol. The van der Waals surface area contributed by atoms with Crippen LogP contribution in [0.25, 0.3) is 0 Å². The van der Waals surface area contributed by atoms with E-state index in [2.05, 4.69) is 0 Å². The van der Waals surface area contributed by atoms with E-state index in [1.54, 1.807) is 6.92 Å². The van der Waals surface area contributed by atoms with Gasteiger partial charge in [0, 0.05) is 0 Å². The summed E-state index contributed by atoms with van der Waals surface area (Å²) in [5.41, 5.74) is 1.91. The van der Waals surface area contributed by atoms with Crippen molar-refractivity contribution >= 4 is 11.9 Å². The van der Waals surface area contributed by atoms with Crippen LogP contribution in [0, 0.1) is 0 Å². The van der Waals surface area contributed by atoms with Crippen LogP contribution < -0.4 is 0 Å². The summed E-state index contributed by atoms with van der Waals surface area (Å²) < 4.78 is 4.84. The third kappa shape index (κ3) is 4.12. The number of esters is 1. The number of methoxy groups -OCH3 is 1. The summed E-state index contributed by atoms with van der Waals surface area (Å²) >= 11 is 0. The average molecular weight is 320 g/mol. The fraction of sp³-hybridized carbons (Fsp3) is 0.579. The van der Waals surface area contributed by atoms with Crippen LogP contribution in [0.4, 0.5) is 0 Å². The summed E-state index contributed by atoms with van der Waals surface area (Å²) in [6.45, 7) is 13.7. The van der Waals surface area contributed by atoms with Gasteiger partial charge in [-0.1, -0.05) is 53.7 Å². The quantitative estimate of drug-likeness (QED) is 0.845. The lowest BCUT2D eigenvalue weighted by atomic mass is 9.74. The highest BCUT2D eigenvalue weighted by atomic mass is 16.5. The number of rotatable bonds is 3. The predicted molar refractivity (Wildman–Crippen MR) is 91.2 cm³/mol. The van der Waals surface area contributed by atoms with Gasteiger partial charge in [0.1, 0.15) is 0 Å². The molecular formula is C19H28O4. The van der Waals surface area contributed by atoms with E-state index in [1.165, 1.54) is 7.11 Å². The smallest absolute Gasteiger partial charge is 0.336 e. The molecule has 0 saturated heterocycles. The Balaban J connectivity index is 3.80. The minimum atomic E-state index is -0.933. The third-order valence-electron chi connectivity index (χ3n) is 4.05. The van der Waals surface area contributed by atoms with Crippen LogP contribution in [0.2, 0.25) is 0 Å². The van der Waals surface area contributed by atoms with Crippen molar-refractivity contribution in [3.63, 3.8) is 0 Å². The molecule has 0 aromatic heterocycles. The van der Waals surface area contributed by atoms with Crippen molar-refractivity contribution in [3.05, 3.63) is 34.4 Å². The highest BCUT2D eigenvalue weighted by Crippen LogP contribution is 2.37. The first-order valence-corrected chi connectivity index (χ1v) is 7.80. The first-order chi connectivity index (χ1) is 10.3. The van der Waals surface area contributed by atoms with Gasteiger partial charge in [0.05, 0.1) is 18.6 Å². The number of benzene rings is 1. The van der Waals surface area contributed by atoms with Crippen molar-refractivity contribution in [1.82, 2.24) is 0 Å². The molecule has 0 aliphatic carbocycles. The van der Waals surface area contributed by atoms with E-state index in [4.69, 9.17) is 4.74 Å². The van der Waals surface area contributed by atoms with E-state index >= 15 is 0 Å². The summed E-state index contributed by atoms with van der Waals surface area (Å²) in [7, 11) is 1.36. The second-order valence-corrected chi connectivity index (χ2v) is 8.04. The molecule has 0 bridgehead atoms. The number of hydrogen-bond acceptors (Lipinski definition) is 3. The van der Waals surface area contributed by atoms with Gasteiger partial charge in [-0.3, -0.25) is 4.79 Å². The molecule has 23 heavy (non-hydrogen) atoms. The van der Waals surface area contributed by atoms with Gasteiger partial charge in [0.2, 0.25) is 0 Å². The highest BCUT2D eigenvalue weighted by molar-refractivity contribution is 5.92. The number of carbonyl (C=O) groups is 2. The number of carbonyl (C=O) groups excluding carboxylic acids is 1. The average Bonchev–Trinajstić information content (AvgIpc) is 2.42. The second kappa shape index (κ2) is 6.34. The van der Waals surface area contributed by atoms with E-state index in [0.29, 0.717) is 5.56 Å². The summed E-state index contributed by atoms with van der Waals surface area (Å²) in [6, 6.07) is 3.67. The Morgan fingerprint density at radius 1 is 1.00 bits per heavy atom. The summed E-state index contributed by atoms with van der Waals surface area (Å²) in [5, 5.41) is 9.77. The Hall–Kier alpha value is -1.84. The second-order valence-electron chi connectivity index (χ2n) is 8.04. The fourth-order valence-corrected chi connectivity index (χ4v) is 2.64. The maximum atomic E-state index is 11.9. The highest BCUT2D eigenvalue weighted by Gasteiger charge is 2.31. The van der Waals surface area contributed by atoms with Crippen LogP contribution >= 0.6 is 0 Å². The maximum absolute atomic E-state index is 11.9. The SMILES string of the molecule is COC(=O)C(C)c1cc(C(C)(C)C)c(C(=O)O)c(C(C)(C)C)c1. The minimum Gasteiger partial charge on any atom is -0.478 e. The largest absolute Gasteiger partial charge is 0.478 e. The number of aromatic carboxylic acids is 1. The van der Waals surface area contributed by atoms with E-state index < -0.39 is 11.9 Å². The molecule has 4 nitrogen and oxygen atoms in total. The minimum absolute atomic E-state index is 0.326. The van der Waals surface area contributed by atoms with Gasteiger partial charge in [-0.05, 0) is 34.4 Å². The van der Waals surface area contributed by atoms with Crippen LogP contribution in [0.1, 0.15) is 81.4 Å². The van der Waals surface area contributed by atoms with Gasteiger partial charge in [0.25, 0.3) is 0 Å². The van der Waals surface area contributed by atoms with Crippen LogP contribution in [-0.4, -0.2) is 24.2 Å². The molecule has 0 amide bonds. The summed E-state index contributed by atoms with van der Waals surface area (Å²) in [6.07, 6.45) is 0. The van der Waals surface area contributed by atoms with Crippen LogP contribution in [-0.2, 0) is 20.4 Å². The lowest BCUT2D eigenvalue weighted by Crippen LogP contribution is -2.25. The van der Waals surface area contributed by atoms with Crippen molar-refractivity contribution in [2.45, 2.75) is 65.2 Å². The maximum Gasteiger partial charge on any atom is 0.336 e. The van der Waals surface area contributed by atoms with Crippen molar-refractivity contribution in [2.24, 2.45) is 0 Å². The van der Waals surface area contributed by atoms with Crippen molar-refractivity contribution < 1.29 is 19.4 Å². The van der Waals surface area contributed by atoms with E-state index in [0.717, 1.165) is 16.7 Å². The summed E-state index contributed by atoms with van der Waals surface area (Å²) in [5.74, 6) is -1.70. The molecular weight excluding hydrogens is 292 g/mol. The van der Waals surface area contributed by atoms with Crippen LogP contribution in [0.3, 0.4) is 0 Å². The van der Waals surface area contributed by atoms with E-state index in [9.17, 15) is 14.7 Å². The number of ether oxygens (including phenoxy) is 1. The van der Waals surface area contributed by atoms with Gasteiger partial charge < -0.3 is 9.84 Å². The first-order valence-electron chi connectivity index (χ1n) is 7.80. The number of carboxylic acid groups (broad SMARTS) is 1. The molecule has 1 atom stereocenters. The van der Waals surface area contributed by atoms with Gasteiger partial charge in [-0.25, -0.2) is 4.79 Å². The molecule has 0 saturated carbocycles. The zero-order chi connectivity index (χ0) is 18.2. The fourth-order valence-electron chi connectivity index (χ4n) is 2.64. The molecule has 0 radical (unpaired) electrons. The topological polar surface area (TPSA) is 63.6 Å². The third-order valence-corrected chi connectivity index (χ3v) is 4.05. The van der Waals surface area contributed by atoms with Gasteiger partial charge in [-0.15, -0.1) is 0 Å². The molecule has 0 spiro atoms. The zero-order valence-electron chi connectivity index (χ0n) is 15.4. The molecule has 0 heterocycles. The lowest BCUT2D eigenvalue weighted by molar-refractivity contribution is -0.142. The molecule has 1 aromatic carbocycles. The molecule has 1 unspecified atom stereocenters. The Kier molecular flexibility index (Phi) is 5.30. The Morgan fingerprint density at radius 2 is 1.39 bits per heavy atom. The van der Waals surface area contributed by atoms with Crippen molar-refractivity contribution in [3.8, 4) is 0 Å². The standard InChI is InChI=1S/C19H28O4/c1-11(17(22)23-8)12-9-13(18(2,3)4)15(16(20)21)14(10-12)19(5,6)7/h9-11H,1-8H3,(H,20,21). The van der Waals surface area contributed by atoms with E-state index in [1.807, 2.05) is 53.7 Å². The van der Waals surface area contributed by atoms with Crippen molar-refractivity contribution in [1.29, 1.82) is 0 Å². The molecule has 1 N–H and O–H groups in total. The molecule has 1 aromatic rings. The predicted octanol–water partition coefficient (Wildman–Crippen LogP) is 4.26. The molecule has 0 aliphatic heterocycles. The summed E-state index contributed by atoms with van der Waals surface area (Å²) in [4.78, 5) is 23.8. The molecule has 4 heteroatoms. The Bertz CT molecular complexity index is 580. The van der Waals surface area contributed by atoms with Crippen LogP contribution in [0.15, 0.2) is 12.1 Å². The number of hydrogen-bond donors (Lipinski definition) is 1. The van der Waals surface area contributed by atoms with Gasteiger partial charge >= 0.3 is 11.9 Å². The lowest BCUT2D eigenvalue weighted by Gasteiger charge is -2.30. The van der Waals surface area contributed by atoms with E-state index in [-0.39, 0.29) is 16.8 Å². The normalized spacial score (nSPS) is 13.6. The first kappa shape index (κ1) is 19.2. The molecule has 128 valence electrons. The van der Waals surface area contributed by atoms with Gasteiger partial charge in [0.15, 0.2) is 0 Å². The Morgan fingerprint density at radius 3 is 1.65 bits per heavy atom. The number of carboxylic acids is 1.